The average molecular weight is 539 g/mol. The second kappa shape index (κ2) is 10.7. The second-order valence-electron chi connectivity index (χ2n) is 9.29. The van der Waals surface area contributed by atoms with Crippen LogP contribution in [0.5, 0.6) is 5.75 Å². The number of hydrogen-bond donors (Lipinski definition) is 1. The number of rotatable bonds is 7. The van der Waals surface area contributed by atoms with Gasteiger partial charge in [0, 0.05) is 24.4 Å². The van der Waals surface area contributed by atoms with E-state index in [4.69, 9.17) is 4.74 Å². The summed E-state index contributed by atoms with van der Waals surface area (Å²) in [7, 11) is 0. The van der Waals surface area contributed by atoms with Gasteiger partial charge in [-0.1, -0.05) is 48.6 Å². The molecule has 2 aliphatic rings. The van der Waals surface area contributed by atoms with Crippen LogP contribution in [0.3, 0.4) is 0 Å². The molecule has 0 radical (unpaired) electrons. The van der Waals surface area contributed by atoms with Crippen molar-refractivity contribution in [2.45, 2.75) is 32.2 Å². The summed E-state index contributed by atoms with van der Waals surface area (Å²) in [6.45, 7) is 0.655. The molecule has 8 nitrogen and oxygen atoms in total. The molecular formula is C28H25F3N4O4. The molecule has 0 aliphatic carbocycles. The Balaban J connectivity index is 1.57. The lowest BCUT2D eigenvalue weighted by Crippen LogP contribution is -2.58. The molecule has 1 aromatic heterocycles. The maximum Gasteiger partial charge on any atom is 0.278 e. The number of ether oxygens (including phenoxy) is 1. The minimum absolute atomic E-state index is 0.0113. The Labute approximate surface area is 221 Å². The zero-order valence-electron chi connectivity index (χ0n) is 20.9. The van der Waals surface area contributed by atoms with Gasteiger partial charge in [-0.25, -0.2) is 13.2 Å². The van der Waals surface area contributed by atoms with Crippen LogP contribution in [0.25, 0.3) is 0 Å². The molecule has 0 saturated carbocycles. The molecule has 2 aliphatic heterocycles. The lowest BCUT2D eigenvalue weighted by molar-refractivity contribution is 0.0614. The van der Waals surface area contributed by atoms with Gasteiger partial charge in [0.1, 0.15) is 37.1 Å². The third-order valence-corrected chi connectivity index (χ3v) is 6.75. The lowest BCUT2D eigenvalue weighted by atomic mass is 10.1. The fourth-order valence-corrected chi connectivity index (χ4v) is 4.57. The number of pyridine rings is 1. The maximum absolute atomic E-state index is 14.1. The maximum atomic E-state index is 14.1. The van der Waals surface area contributed by atoms with Gasteiger partial charge in [-0.3, -0.25) is 24.1 Å². The Bertz CT molecular complexity index is 1510. The summed E-state index contributed by atoms with van der Waals surface area (Å²) in [4.78, 5) is 41.7. The van der Waals surface area contributed by atoms with Crippen molar-refractivity contribution in [2.75, 3.05) is 18.4 Å². The summed E-state index contributed by atoms with van der Waals surface area (Å²) in [5.41, 5.74) is -0.570. The van der Waals surface area contributed by atoms with E-state index in [-0.39, 0.29) is 48.4 Å². The van der Waals surface area contributed by atoms with Gasteiger partial charge in [0.05, 0.1) is 12.1 Å². The Morgan fingerprint density at radius 1 is 1.10 bits per heavy atom. The van der Waals surface area contributed by atoms with E-state index in [1.54, 1.807) is 41.4 Å². The van der Waals surface area contributed by atoms with E-state index in [1.165, 1.54) is 21.8 Å². The molecule has 5 rings (SSSR count). The van der Waals surface area contributed by atoms with Crippen LogP contribution in [-0.4, -0.2) is 46.8 Å². The fraction of sp³-hybridized carbons (Fsp3) is 0.250. The van der Waals surface area contributed by atoms with Crippen LogP contribution in [0.15, 0.2) is 71.7 Å². The third kappa shape index (κ3) is 4.99. The third-order valence-electron chi connectivity index (χ3n) is 6.75. The van der Waals surface area contributed by atoms with Crippen molar-refractivity contribution < 1.29 is 27.5 Å². The van der Waals surface area contributed by atoms with E-state index in [2.05, 4.69) is 5.32 Å². The number of carbonyl (C=O) groups excluding carboxylic acids is 2. The summed E-state index contributed by atoms with van der Waals surface area (Å²) in [5.74, 6) is -3.41. The molecule has 1 N–H and O–H groups in total. The first-order valence-corrected chi connectivity index (χ1v) is 12.3. The number of nitrogens with one attached hydrogen (secondary N) is 1. The number of fused-ring (bicyclic) bond motifs is 4. The molecule has 2 atom stereocenters. The quantitative estimate of drug-likeness (QED) is 0.467. The number of carbonyl (C=O) groups is 2. The van der Waals surface area contributed by atoms with Crippen LogP contribution in [0.1, 0.15) is 38.9 Å². The number of amides is 2. The smallest absolute Gasteiger partial charge is 0.278 e. The van der Waals surface area contributed by atoms with E-state index < -0.39 is 41.6 Å². The molecule has 39 heavy (non-hydrogen) atoms. The van der Waals surface area contributed by atoms with E-state index in [9.17, 15) is 27.6 Å². The van der Waals surface area contributed by atoms with Gasteiger partial charge in [0.15, 0.2) is 11.4 Å². The van der Waals surface area contributed by atoms with Gasteiger partial charge in [0.25, 0.3) is 11.8 Å². The van der Waals surface area contributed by atoms with Crippen LogP contribution in [0, 0.1) is 11.6 Å². The topological polar surface area (TPSA) is 83.9 Å². The Kier molecular flexibility index (Phi) is 7.14. The van der Waals surface area contributed by atoms with Crippen molar-refractivity contribution in [3.63, 3.8) is 0 Å². The number of hydrogen-bond acceptors (Lipinski definition) is 5. The first kappa shape index (κ1) is 26.1. The first-order valence-electron chi connectivity index (χ1n) is 12.3. The molecule has 11 heteroatoms. The second-order valence-corrected chi connectivity index (χ2v) is 9.29. The summed E-state index contributed by atoms with van der Waals surface area (Å²) in [6, 6.07) is 10.7. The number of nitrogens with zero attached hydrogens (tertiary/aromatic N) is 3. The van der Waals surface area contributed by atoms with E-state index in [0.29, 0.717) is 6.07 Å². The SMILES string of the molecule is C[C@@H]1C=C[C@H](CF)N2CN1n1cc(C(=O)NCc3ccc(F)cc3F)c(=O)c(OCc3ccccc3)c1C2=O. The van der Waals surface area contributed by atoms with Crippen LogP contribution >= 0.6 is 0 Å². The average Bonchev–Trinajstić information content (AvgIpc) is 3.08. The highest BCUT2D eigenvalue weighted by Crippen LogP contribution is 2.28. The standard InChI is InChI=1S/C28H25F3N4O4/c1-17-7-10-21(12-29)33-16-35(17)34-14-22(27(37)32-13-19-8-9-20(30)11-23(19)31)25(36)26(24(34)28(33)38)39-15-18-5-3-2-4-6-18/h2-11,14,17,21H,12-13,15-16H2,1H3,(H,32,37)/t17-,21-/m1/s1. The van der Waals surface area contributed by atoms with E-state index in [1.807, 2.05) is 13.0 Å². The van der Waals surface area contributed by atoms with Crippen molar-refractivity contribution in [3.8, 4) is 5.75 Å². The van der Waals surface area contributed by atoms with Crippen molar-refractivity contribution in [1.29, 1.82) is 0 Å². The highest BCUT2D eigenvalue weighted by Gasteiger charge is 2.40. The normalized spacial score (nSPS) is 18.0. The highest BCUT2D eigenvalue weighted by atomic mass is 19.1. The predicted octanol–water partition coefficient (Wildman–Crippen LogP) is 3.28. The molecule has 202 valence electrons. The molecule has 3 heterocycles. The van der Waals surface area contributed by atoms with Gasteiger partial charge >= 0.3 is 0 Å². The molecule has 2 bridgehead atoms. The zero-order valence-corrected chi connectivity index (χ0v) is 20.9. The van der Waals surface area contributed by atoms with E-state index >= 15 is 0 Å². The van der Waals surface area contributed by atoms with Crippen LogP contribution in [0.2, 0.25) is 0 Å². The van der Waals surface area contributed by atoms with Gasteiger partial charge in [-0.15, -0.1) is 0 Å². The molecule has 2 aromatic carbocycles. The molecule has 3 aromatic rings. The van der Waals surface area contributed by atoms with E-state index in [0.717, 1.165) is 11.6 Å². The molecular weight excluding hydrogens is 513 g/mol. The largest absolute Gasteiger partial charge is 0.482 e. The summed E-state index contributed by atoms with van der Waals surface area (Å²) < 4.78 is 48.5. The molecule has 0 spiro atoms. The highest BCUT2D eigenvalue weighted by molar-refractivity contribution is 5.99. The molecule has 2 amide bonds. The van der Waals surface area contributed by atoms with Crippen molar-refractivity contribution in [1.82, 2.24) is 14.9 Å². The van der Waals surface area contributed by atoms with Gasteiger partial charge in [0.2, 0.25) is 5.43 Å². The van der Waals surface area contributed by atoms with Crippen LogP contribution < -0.4 is 20.5 Å². The number of benzene rings is 2. The van der Waals surface area contributed by atoms with Crippen molar-refractivity contribution in [3.05, 3.63) is 111 Å². The number of alkyl halides is 1. The molecule has 0 saturated heterocycles. The number of aromatic nitrogens is 1. The molecule has 0 unspecified atom stereocenters. The van der Waals surface area contributed by atoms with Crippen LogP contribution in [-0.2, 0) is 13.2 Å². The van der Waals surface area contributed by atoms with Gasteiger partial charge < -0.3 is 15.0 Å². The Morgan fingerprint density at radius 2 is 1.87 bits per heavy atom. The summed E-state index contributed by atoms with van der Waals surface area (Å²) in [5, 5.41) is 4.19. The Hall–Kier alpha value is -4.54. The number of halogens is 3. The summed E-state index contributed by atoms with van der Waals surface area (Å²) >= 11 is 0. The van der Waals surface area contributed by atoms with Crippen LogP contribution in [0.4, 0.5) is 13.2 Å². The monoisotopic (exact) mass is 538 g/mol. The fourth-order valence-electron chi connectivity index (χ4n) is 4.57. The zero-order chi connectivity index (χ0) is 27.7. The van der Waals surface area contributed by atoms with Crippen molar-refractivity contribution >= 4 is 11.8 Å². The van der Waals surface area contributed by atoms with Crippen molar-refractivity contribution in [2.24, 2.45) is 0 Å². The first-order chi connectivity index (χ1) is 18.8. The minimum atomic E-state index is -0.846. The predicted molar refractivity (Wildman–Crippen MR) is 137 cm³/mol. The lowest BCUT2D eigenvalue weighted by Gasteiger charge is -2.42. The summed E-state index contributed by atoms with van der Waals surface area (Å²) in [6.07, 6.45) is 4.58. The van der Waals surface area contributed by atoms with Gasteiger partial charge in [-0.2, -0.15) is 0 Å². The molecule has 0 fully saturated rings. The Morgan fingerprint density at radius 3 is 2.59 bits per heavy atom. The van der Waals surface area contributed by atoms with Gasteiger partial charge in [-0.05, 0) is 18.6 Å². The minimum Gasteiger partial charge on any atom is -0.482 e.